The van der Waals surface area contributed by atoms with Gasteiger partial charge in [0, 0.05) is 30.4 Å². The van der Waals surface area contributed by atoms with Gasteiger partial charge in [-0.1, -0.05) is 0 Å². The van der Waals surface area contributed by atoms with E-state index in [1.54, 1.807) is 18.2 Å². The predicted molar refractivity (Wildman–Crippen MR) is 91.9 cm³/mol. The van der Waals surface area contributed by atoms with Crippen LogP contribution in [0, 0.1) is 0 Å². The summed E-state index contributed by atoms with van der Waals surface area (Å²) in [7, 11) is 0. The maximum atomic E-state index is 12.0. The Morgan fingerprint density at radius 2 is 1.83 bits per heavy atom. The lowest BCUT2D eigenvalue weighted by Crippen LogP contribution is -2.16. The lowest BCUT2D eigenvalue weighted by molar-refractivity contribution is -0.115. The van der Waals surface area contributed by atoms with E-state index in [0.29, 0.717) is 36.8 Å². The second kappa shape index (κ2) is 7.59. The predicted octanol–water partition coefficient (Wildman–Crippen LogP) is 3.25. The first-order valence-corrected chi connectivity index (χ1v) is 7.91. The van der Waals surface area contributed by atoms with Gasteiger partial charge in [0.15, 0.2) is 11.5 Å². The van der Waals surface area contributed by atoms with E-state index in [4.69, 9.17) is 14.2 Å². The second-order valence-corrected chi connectivity index (χ2v) is 5.25. The number of fused-ring (bicyclic) bond motifs is 1. The second-order valence-electron chi connectivity index (χ2n) is 5.25. The Hall–Kier alpha value is -2.89. The van der Waals surface area contributed by atoms with Crippen LogP contribution in [0.4, 0.5) is 11.4 Å². The fraction of sp³-hybridized carbons (Fsp3) is 0.278. The zero-order chi connectivity index (χ0) is 16.8. The Morgan fingerprint density at radius 1 is 1.08 bits per heavy atom. The molecule has 2 aromatic carbocycles. The number of anilines is 2. The lowest BCUT2D eigenvalue weighted by atomic mass is 10.2. The monoisotopic (exact) mass is 328 g/mol. The van der Waals surface area contributed by atoms with E-state index < -0.39 is 0 Å². The van der Waals surface area contributed by atoms with Crippen LogP contribution in [-0.4, -0.2) is 25.9 Å². The van der Waals surface area contributed by atoms with Crippen molar-refractivity contribution in [2.24, 2.45) is 0 Å². The van der Waals surface area contributed by atoms with E-state index in [1.165, 1.54) is 0 Å². The molecule has 2 aromatic rings. The van der Waals surface area contributed by atoms with Gasteiger partial charge in [-0.25, -0.2) is 0 Å². The number of carbonyl (C=O) groups excluding carboxylic acids is 1. The minimum absolute atomic E-state index is 0.0627. The SMILES string of the molecule is CCOc1ccc(NCCC(=O)Nc2ccc3c(c2)OCO3)cc1. The quantitative estimate of drug-likeness (QED) is 0.816. The summed E-state index contributed by atoms with van der Waals surface area (Å²) in [4.78, 5) is 12.0. The number of benzene rings is 2. The van der Waals surface area contributed by atoms with Crippen molar-refractivity contribution in [1.82, 2.24) is 0 Å². The molecule has 1 amide bonds. The van der Waals surface area contributed by atoms with Crippen molar-refractivity contribution in [2.45, 2.75) is 13.3 Å². The molecular weight excluding hydrogens is 308 g/mol. The zero-order valence-corrected chi connectivity index (χ0v) is 13.5. The van der Waals surface area contributed by atoms with Gasteiger partial charge >= 0.3 is 0 Å². The highest BCUT2D eigenvalue weighted by Gasteiger charge is 2.13. The average Bonchev–Trinajstić information content (AvgIpc) is 3.04. The Kier molecular flexibility index (Phi) is 5.05. The summed E-state index contributed by atoms with van der Waals surface area (Å²) in [5.41, 5.74) is 1.65. The Morgan fingerprint density at radius 3 is 2.62 bits per heavy atom. The fourth-order valence-corrected chi connectivity index (χ4v) is 2.35. The van der Waals surface area contributed by atoms with Crippen LogP contribution in [0.5, 0.6) is 17.2 Å². The molecule has 1 aliphatic rings. The van der Waals surface area contributed by atoms with Crippen LogP contribution < -0.4 is 24.8 Å². The molecular formula is C18H20N2O4. The van der Waals surface area contributed by atoms with E-state index in [2.05, 4.69) is 10.6 Å². The van der Waals surface area contributed by atoms with Crippen LogP contribution in [-0.2, 0) is 4.79 Å². The molecule has 2 N–H and O–H groups in total. The summed E-state index contributed by atoms with van der Waals surface area (Å²) in [6.45, 7) is 3.36. The molecule has 1 aliphatic heterocycles. The minimum Gasteiger partial charge on any atom is -0.494 e. The lowest BCUT2D eigenvalue weighted by Gasteiger charge is -2.09. The number of nitrogens with one attached hydrogen (secondary N) is 2. The molecule has 0 unspecified atom stereocenters. The normalized spacial score (nSPS) is 11.9. The van der Waals surface area contributed by atoms with Crippen LogP contribution in [0.1, 0.15) is 13.3 Å². The molecule has 0 fully saturated rings. The highest BCUT2D eigenvalue weighted by Crippen LogP contribution is 2.34. The molecule has 0 radical (unpaired) electrons. The zero-order valence-electron chi connectivity index (χ0n) is 13.5. The third-order valence-corrected chi connectivity index (χ3v) is 3.50. The molecule has 3 rings (SSSR count). The number of ether oxygens (including phenoxy) is 3. The van der Waals surface area contributed by atoms with Crippen molar-refractivity contribution in [1.29, 1.82) is 0 Å². The fourth-order valence-electron chi connectivity index (χ4n) is 2.35. The number of carbonyl (C=O) groups is 1. The molecule has 6 heteroatoms. The standard InChI is InChI=1S/C18H20N2O4/c1-2-22-15-6-3-13(4-7-15)19-10-9-18(21)20-14-5-8-16-17(11-14)24-12-23-16/h3-8,11,19H,2,9-10,12H2,1H3,(H,20,21). The van der Waals surface area contributed by atoms with E-state index in [-0.39, 0.29) is 12.7 Å². The van der Waals surface area contributed by atoms with Crippen LogP contribution >= 0.6 is 0 Å². The van der Waals surface area contributed by atoms with Crippen LogP contribution in [0.25, 0.3) is 0 Å². The molecule has 6 nitrogen and oxygen atoms in total. The smallest absolute Gasteiger partial charge is 0.231 e. The molecule has 0 atom stereocenters. The van der Waals surface area contributed by atoms with Gasteiger partial charge in [0.05, 0.1) is 6.61 Å². The molecule has 1 heterocycles. The van der Waals surface area contributed by atoms with Gasteiger partial charge in [-0.2, -0.15) is 0 Å². The molecule has 0 spiro atoms. The highest BCUT2D eigenvalue weighted by molar-refractivity contribution is 5.91. The molecule has 0 saturated carbocycles. The van der Waals surface area contributed by atoms with Gasteiger partial charge in [-0.3, -0.25) is 4.79 Å². The molecule has 0 aliphatic carbocycles. The summed E-state index contributed by atoms with van der Waals surface area (Å²) in [6, 6.07) is 13.0. The molecule has 126 valence electrons. The van der Waals surface area contributed by atoms with Crippen molar-refractivity contribution < 1.29 is 19.0 Å². The summed E-state index contributed by atoms with van der Waals surface area (Å²) in [6.07, 6.45) is 0.363. The van der Waals surface area contributed by atoms with Gasteiger partial charge in [-0.05, 0) is 43.3 Å². The minimum atomic E-state index is -0.0627. The van der Waals surface area contributed by atoms with E-state index in [0.717, 1.165) is 11.4 Å². The largest absolute Gasteiger partial charge is 0.494 e. The summed E-state index contributed by atoms with van der Waals surface area (Å²) in [5.74, 6) is 2.13. The maximum Gasteiger partial charge on any atom is 0.231 e. The summed E-state index contributed by atoms with van der Waals surface area (Å²) < 4.78 is 15.9. The number of amides is 1. The van der Waals surface area contributed by atoms with Gasteiger partial charge in [0.1, 0.15) is 5.75 Å². The molecule has 24 heavy (non-hydrogen) atoms. The third-order valence-electron chi connectivity index (χ3n) is 3.50. The number of hydrogen-bond donors (Lipinski definition) is 2. The average molecular weight is 328 g/mol. The van der Waals surface area contributed by atoms with Crippen molar-refractivity contribution in [3.8, 4) is 17.2 Å². The first kappa shape index (κ1) is 16.0. The third kappa shape index (κ3) is 4.10. The molecule has 0 saturated heterocycles. The van der Waals surface area contributed by atoms with Gasteiger partial charge in [-0.15, -0.1) is 0 Å². The van der Waals surface area contributed by atoms with Crippen molar-refractivity contribution in [3.05, 3.63) is 42.5 Å². The number of hydrogen-bond acceptors (Lipinski definition) is 5. The Bertz CT molecular complexity index is 701. The Balaban J connectivity index is 1.44. The first-order chi connectivity index (χ1) is 11.7. The van der Waals surface area contributed by atoms with Crippen LogP contribution in [0.15, 0.2) is 42.5 Å². The van der Waals surface area contributed by atoms with Crippen LogP contribution in [0.3, 0.4) is 0 Å². The molecule has 0 bridgehead atoms. The van der Waals surface area contributed by atoms with E-state index >= 15 is 0 Å². The summed E-state index contributed by atoms with van der Waals surface area (Å²) >= 11 is 0. The Labute approximate surface area is 140 Å². The summed E-state index contributed by atoms with van der Waals surface area (Å²) in [5, 5.41) is 6.06. The van der Waals surface area contributed by atoms with Crippen molar-refractivity contribution >= 4 is 17.3 Å². The van der Waals surface area contributed by atoms with Crippen molar-refractivity contribution in [3.63, 3.8) is 0 Å². The maximum absolute atomic E-state index is 12.0. The van der Waals surface area contributed by atoms with Gasteiger partial charge in [0.2, 0.25) is 12.7 Å². The molecule has 0 aromatic heterocycles. The van der Waals surface area contributed by atoms with E-state index in [9.17, 15) is 4.79 Å². The topological polar surface area (TPSA) is 68.8 Å². The number of rotatable bonds is 7. The van der Waals surface area contributed by atoms with Gasteiger partial charge < -0.3 is 24.8 Å². The van der Waals surface area contributed by atoms with E-state index in [1.807, 2.05) is 31.2 Å². The van der Waals surface area contributed by atoms with Crippen LogP contribution in [0.2, 0.25) is 0 Å². The highest BCUT2D eigenvalue weighted by atomic mass is 16.7. The first-order valence-electron chi connectivity index (χ1n) is 7.91. The van der Waals surface area contributed by atoms with Crippen molar-refractivity contribution in [2.75, 3.05) is 30.6 Å². The van der Waals surface area contributed by atoms with Gasteiger partial charge in [0.25, 0.3) is 0 Å².